The van der Waals surface area contributed by atoms with Crippen molar-refractivity contribution >= 4 is 42.6 Å². The van der Waals surface area contributed by atoms with Crippen LogP contribution >= 0.6 is 11.3 Å². The lowest BCUT2D eigenvalue weighted by atomic mass is 9.95. The summed E-state index contributed by atoms with van der Waals surface area (Å²) in [6.07, 6.45) is 1.55. The number of carbonyl (C=O) groups is 1. The van der Waals surface area contributed by atoms with E-state index in [2.05, 4.69) is 25.8 Å². The molecule has 0 spiro atoms. The van der Waals surface area contributed by atoms with Gasteiger partial charge in [-0.3, -0.25) is 5.32 Å². The molecule has 0 unspecified atom stereocenters. The molecule has 2 aromatic carbocycles. The standard InChI is InChI=1S/C23H25N5O5S2/c1-23(2,13-29)20-26-19(28-33-20)9-10-24-21(30)27-22-25-17-8-7-15(12-18(17)34-22)14-5-4-6-16(11-14)35(3,31)32/h4-8,11-12,29H,9-10,13H2,1-3H3,(H2,24,25,27,30). The molecular formula is C23H25N5O5S2. The Morgan fingerprint density at radius 1 is 1.14 bits per heavy atom. The van der Waals surface area contributed by atoms with E-state index >= 15 is 0 Å². The predicted molar refractivity (Wildman–Crippen MR) is 133 cm³/mol. The van der Waals surface area contributed by atoms with E-state index in [4.69, 9.17) is 4.52 Å². The maximum atomic E-state index is 12.3. The molecule has 184 valence electrons. The lowest BCUT2D eigenvalue weighted by molar-refractivity contribution is 0.182. The average Bonchev–Trinajstić information content (AvgIpc) is 3.45. The SMILES string of the molecule is CC(C)(CO)c1nc(CCNC(=O)Nc2nc3ccc(-c4cccc(S(C)(=O)=O)c4)cc3s2)no1. The first-order valence-electron chi connectivity index (χ1n) is 10.7. The third kappa shape index (κ3) is 5.84. The number of benzene rings is 2. The second kappa shape index (κ2) is 9.72. The smallest absolute Gasteiger partial charge is 0.321 e. The number of hydrogen-bond donors (Lipinski definition) is 3. The van der Waals surface area contributed by atoms with Crippen molar-refractivity contribution in [2.75, 3.05) is 24.7 Å². The summed E-state index contributed by atoms with van der Waals surface area (Å²) in [5, 5.41) is 19.2. The molecule has 2 amide bonds. The summed E-state index contributed by atoms with van der Waals surface area (Å²) in [5.41, 5.74) is 1.73. The van der Waals surface area contributed by atoms with Gasteiger partial charge in [0.25, 0.3) is 0 Å². The van der Waals surface area contributed by atoms with Crippen molar-refractivity contribution in [1.29, 1.82) is 0 Å². The highest BCUT2D eigenvalue weighted by Crippen LogP contribution is 2.31. The van der Waals surface area contributed by atoms with Gasteiger partial charge in [0.05, 0.1) is 27.1 Å². The van der Waals surface area contributed by atoms with Crippen molar-refractivity contribution in [3.05, 3.63) is 54.2 Å². The third-order valence-corrected chi connectivity index (χ3v) is 7.32. The van der Waals surface area contributed by atoms with Crippen LogP contribution in [0.5, 0.6) is 0 Å². The van der Waals surface area contributed by atoms with Crippen molar-refractivity contribution in [1.82, 2.24) is 20.4 Å². The number of fused-ring (bicyclic) bond motifs is 1. The van der Waals surface area contributed by atoms with E-state index in [9.17, 15) is 18.3 Å². The van der Waals surface area contributed by atoms with Crippen molar-refractivity contribution in [3.8, 4) is 11.1 Å². The van der Waals surface area contributed by atoms with Gasteiger partial charge in [0.15, 0.2) is 20.8 Å². The number of urea groups is 1. The molecule has 4 aromatic rings. The minimum absolute atomic E-state index is 0.119. The van der Waals surface area contributed by atoms with Crippen LogP contribution in [-0.2, 0) is 21.7 Å². The molecule has 3 N–H and O–H groups in total. The summed E-state index contributed by atoms with van der Waals surface area (Å²) in [6.45, 7) is 3.76. The van der Waals surface area contributed by atoms with Gasteiger partial charge in [-0.25, -0.2) is 18.2 Å². The monoisotopic (exact) mass is 515 g/mol. The summed E-state index contributed by atoms with van der Waals surface area (Å²) in [7, 11) is -3.30. The van der Waals surface area contributed by atoms with Crippen LogP contribution in [0.1, 0.15) is 25.6 Å². The van der Waals surface area contributed by atoms with Crippen LogP contribution in [0, 0.1) is 0 Å². The largest absolute Gasteiger partial charge is 0.395 e. The molecule has 12 heteroatoms. The molecule has 0 aliphatic heterocycles. The number of nitrogens with zero attached hydrogens (tertiary/aromatic N) is 3. The van der Waals surface area contributed by atoms with Crippen molar-refractivity contribution in [3.63, 3.8) is 0 Å². The van der Waals surface area contributed by atoms with E-state index in [0.717, 1.165) is 21.3 Å². The summed E-state index contributed by atoms with van der Waals surface area (Å²) in [4.78, 5) is 21.3. The molecule has 0 fully saturated rings. The zero-order valence-corrected chi connectivity index (χ0v) is 21.0. The average molecular weight is 516 g/mol. The first kappa shape index (κ1) is 24.8. The highest BCUT2D eigenvalue weighted by atomic mass is 32.2. The minimum Gasteiger partial charge on any atom is -0.395 e. The Morgan fingerprint density at radius 2 is 1.91 bits per heavy atom. The lowest BCUT2D eigenvalue weighted by Crippen LogP contribution is -2.30. The zero-order valence-electron chi connectivity index (χ0n) is 19.4. The summed E-state index contributed by atoms with van der Waals surface area (Å²) in [6, 6.07) is 12.0. The maximum Gasteiger partial charge on any atom is 0.321 e. The molecule has 0 saturated carbocycles. The lowest BCUT2D eigenvalue weighted by Gasteiger charge is -2.14. The number of sulfone groups is 1. The van der Waals surface area contributed by atoms with E-state index in [1.807, 2.05) is 24.3 Å². The number of aliphatic hydroxyl groups is 1. The normalized spacial score (nSPS) is 12.1. The molecule has 2 heterocycles. The molecule has 10 nitrogen and oxygen atoms in total. The number of anilines is 1. The molecule has 0 saturated heterocycles. The number of aromatic nitrogens is 3. The molecule has 35 heavy (non-hydrogen) atoms. The van der Waals surface area contributed by atoms with Crippen LogP contribution in [0.25, 0.3) is 21.3 Å². The Kier molecular flexibility index (Phi) is 6.88. The number of nitrogens with one attached hydrogen (secondary N) is 2. The molecule has 0 atom stereocenters. The van der Waals surface area contributed by atoms with Gasteiger partial charge in [-0.15, -0.1) is 0 Å². The maximum absolute atomic E-state index is 12.3. The predicted octanol–water partition coefficient (Wildman–Crippen LogP) is 3.38. The van der Waals surface area contributed by atoms with Gasteiger partial charge in [-0.2, -0.15) is 4.98 Å². The van der Waals surface area contributed by atoms with Crippen LogP contribution in [0.2, 0.25) is 0 Å². The van der Waals surface area contributed by atoms with Crippen LogP contribution in [-0.4, -0.2) is 54.1 Å². The Balaban J connectivity index is 1.38. The molecule has 2 aromatic heterocycles. The number of amides is 2. The number of aliphatic hydroxyl groups excluding tert-OH is 1. The second-order valence-corrected chi connectivity index (χ2v) is 11.7. The van der Waals surface area contributed by atoms with Crippen molar-refractivity contribution < 1.29 is 22.8 Å². The highest BCUT2D eigenvalue weighted by Gasteiger charge is 2.26. The first-order chi connectivity index (χ1) is 16.5. The van der Waals surface area contributed by atoms with E-state index in [-0.39, 0.29) is 18.0 Å². The van der Waals surface area contributed by atoms with Gasteiger partial charge < -0.3 is 14.9 Å². The molecule has 4 rings (SSSR count). The summed E-state index contributed by atoms with van der Waals surface area (Å²) in [5.74, 6) is 0.783. The third-order valence-electron chi connectivity index (χ3n) is 5.28. The first-order valence-corrected chi connectivity index (χ1v) is 13.5. The fourth-order valence-corrected chi connectivity index (χ4v) is 4.76. The van der Waals surface area contributed by atoms with Gasteiger partial charge in [0, 0.05) is 19.2 Å². The van der Waals surface area contributed by atoms with Crippen LogP contribution < -0.4 is 10.6 Å². The Hall–Kier alpha value is -3.35. The fraction of sp³-hybridized carbons (Fsp3) is 0.304. The van der Waals surface area contributed by atoms with Gasteiger partial charge in [-0.1, -0.05) is 34.7 Å². The summed E-state index contributed by atoms with van der Waals surface area (Å²) >= 11 is 1.32. The van der Waals surface area contributed by atoms with Crippen LogP contribution in [0.3, 0.4) is 0 Å². The Labute approximate surface area is 206 Å². The zero-order chi connectivity index (χ0) is 25.2. The number of thiazole rings is 1. The Bertz CT molecular complexity index is 1480. The molecule has 0 bridgehead atoms. The summed E-state index contributed by atoms with van der Waals surface area (Å²) < 4.78 is 29.8. The molecular weight excluding hydrogens is 490 g/mol. The minimum atomic E-state index is -3.30. The highest BCUT2D eigenvalue weighted by molar-refractivity contribution is 7.90. The topological polar surface area (TPSA) is 147 Å². The molecule has 0 aliphatic rings. The van der Waals surface area contributed by atoms with Gasteiger partial charge in [0.2, 0.25) is 5.89 Å². The van der Waals surface area contributed by atoms with E-state index in [1.165, 1.54) is 17.6 Å². The van der Waals surface area contributed by atoms with Gasteiger partial charge in [-0.05, 0) is 49.2 Å². The fourth-order valence-electron chi connectivity index (χ4n) is 3.19. The number of carbonyl (C=O) groups excluding carboxylic acids is 1. The van der Waals surface area contributed by atoms with Gasteiger partial charge in [0.1, 0.15) is 0 Å². The van der Waals surface area contributed by atoms with Crippen LogP contribution in [0.15, 0.2) is 51.9 Å². The van der Waals surface area contributed by atoms with Gasteiger partial charge >= 0.3 is 6.03 Å². The van der Waals surface area contributed by atoms with Crippen molar-refractivity contribution in [2.45, 2.75) is 30.6 Å². The number of hydrogen-bond acceptors (Lipinski definition) is 9. The van der Waals surface area contributed by atoms with Crippen molar-refractivity contribution in [2.24, 2.45) is 0 Å². The second-order valence-electron chi connectivity index (χ2n) is 8.69. The quantitative estimate of drug-likeness (QED) is 0.323. The van der Waals surface area contributed by atoms with E-state index in [0.29, 0.717) is 23.3 Å². The van der Waals surface area contributed by atoms with E-state index < -0.39 is 21.3 Å². The molecule has 0 radical (unpaired) electrons. The van der Waals surface area contributed by atoms with Crippen LogP contribution in [0.4, 0.5) is 9.93 Å². The number of rotatable bonds is 8. The van der Waals surface area contributed by atoms with E-state index in [1.54, 1.807) is 32.0 Å². The molecule has 0 aliphatic carbocycles. The Morgan fingerprint density at radius 3 is 2.66 bits per heavy atom.